The standard InChI is InChI=1S/C13H20FNO2/c1-3-5-11(9-17-2)15-8-10-6-4-7-12(14)13(10)16/h4,6-7,11,15-16H,3,5,8-9H2,1-2H3. The predicted molar refractivity (Wildman–Crippen MR) is 65.5 cm³/mol. The fourth-order valence-electron chi connectivity index (χ4n) is 1.75. The van der Waals surface area contributed by atoms with Crippen molar-refractivity contribution in [2.45, 2.75) is 32.4 Å². The molecule has 0 bridgehead atoms. The first-order valence-electron chi connectivity index (χ1n) is 5.87. The lowest BCUT2D eigenvalue weighted by atomic mass is 10.1. The monoisotopic (exact) mass is 241 g/mol. The zero-order chi connectivity index (χ0) is 12.7. The second-order valence-electron chi connectivity index (χ2n) is 4.07. The minimum absolute atomic E-state index is 0.229. The third-order valence-corrected chi connectivity index (χ3v) is 2.66. The van der Waals surface area contributed by atoms with E-state index in [9.17, 15) is 9.50 Å². The number of phenols is 1. The van der Waals surface area contributed by atoms with Gasteiger partial charge in [0.1, 0.15) is 0 Å². The highest BCUT2D eigenvalue weighted by Gasteiger charge is 2.10. The molecule has 1 atom stereocenters. The average molecular weight is 241 g/mol. The molecule has 1 rings (SSSR count). The molecule has 0 amide bonds. The van der Waals surface area contributed by atoms with Crippen molar-refractivity contribution in [3.05, 3.63) is 29.6 Å². The van der Waals surface area contributed by atoms with Crippen LogP contribution in [0.5, 0.6) is 5.75 Å². The molecule has 1 aromatic carbocycles. The maximum atomic E-state index is 13.1. The molecule has 3 nitrogen and oxygen atoms in total. The molecule has 0 saturated heterocycles. The molecule has 0 heterocycles. The van der Waals surface area contributed by atoms with Gasteiger partial charge in [-0.3, -0.25) is 0 Å². The van der Waals surface area contributed by atoms with Gasteiger partial charge in [0, 0.05) is 25.3 Å². The quantitative estimate of drug-likeness (QED) is 0.770. The number of methoxy groups -OCH3 is 1. The van der Waals surface area contributed by atoms with E-state index in [1.807, 2.05) is 0 Å². The maximum absolute atomic E-state index is 13.1. The van der Waals surface area contributed by atoms with Crippen molar-refractivity contribution < 1.29 is 14.2 Å². The number of halogens is 1. The first kappa shape index (κ1) is 13.9. The van der Waals surface area contributed by atoms with Crippen LogP contribution in [-0.2, 0) is 11.3 Å². The van der Waals surface area contributed by atoms with Crippen LogP contribution in [0.3, 0.4) is 0 Å². The van der Waals surface area contributed by atoms with Crippen LogP contribution < -0.4 is 5.32 Å². The number of hydrogen-bond donors (Lipinski definition) is 2. The van der Waals surface area contributed by atoms with Gasteiger partial charge in [-0.05, 0) is 12.5 Å². The van der Waals surface area contributed by atoms with Crippen LogP contribution in [0.4, 0.5) is 4.39 Å². The normalized spacial score (nSPS) is 12.6. The Balaban J connectivity index is 2.55. The van der Waals surface area contributed by atoms with E-state index in [0.717, 1.165) is 12.8 Å². The molecule has 17 heavy (non-hydrogen) atoms. The maximum Gasteiger partial charge on any atom is 0.165 e. The summed E-state index contributed by atoms with van der Waals surface area (Å²) >= 11 is 0. The summed E-state index contributed by atoms with van der Waals surface area (Å²) < 4.78 is 18.2. The molecule has 0 aliphatic carbocycles. The number of hydrogen-bond acceptors (Lipinski definition) is 3. The SMILES string of the molecule is CCCC(COC)NCc1cccc(F)c1O. The molecule has 0 aromatic heterocycles. The molecular formula is C13H20FNO2. The Morgan fingerprint density at radius 2 is 2.24 bits per heavy atom. The minimum Gasteiger partial charge on any atom is -0.505 e. The van der Waals surface area contributed by atoms with Crippen LogP contribution in [0.15, 0.2) is 18.2 Å². The topological polar surface area (TPSA) is 41.5 Å². The second kappa shape index (κ2) is 7.25. The van der Waals surface area contributed by atoms with Gasteiger partial charge >= 0.3 is 0 Å². The Kier molecular flexibility index (Phi) is 5.94. The summed E-state index contributed by atoms with van der Waals surface area (Å²) in [5.74, 6) is -0.851. The van der Waals surface area contributed by atoms with Gasteiger partial charge < -0.3 is 15.2 Å². The molecule has 0 aliphatic heterocycles. The molecule has 0 spiro atoms. The van der Waals surface area contributed by atoms with Gasteiger partial charge in [-0.15, -0.1) is 0 Å². The van der Waals surface area contributed by atoms with Gasteiger partial charge in [0.2, 0.25) is 0 Å². The van der Waals surface area contributed by atoms with Gasteiger partial charge in [-0.25, -0.2) is 4.39 Å². The Hall–Kier alpha value is -1.13. The first-order valence-corrected chi connectivity index (χ1v) is 5.87. The lowest BCUT2D eigenvalue weighted by molar-refractivity contribution is 0.161. The second-order valence-corrected chi connectivity index (χ2v) is 4.07. The lowest BCUT2D eigenvalue weighted by Crippen LogP contribution is -2.32. The molecule has 0 fully saturated rings. The van der Waals surface area contributed by atoms with Crippen molar-refractivity contribution in [2.75, 3.05) is 13.7 Å². The molecule has 0 saturated carbocycles. The number of ether oxygens (including phenoxy) is 1. The van der Waals surface area contributed by atoms with Crippen molar-refractivity contribution in [3.63, 3.8) is 0 Å². The Bertz CT molecular complexity index is 338. The van der Waals surface area contributed by atoms with Crippen molar-refractivity contribution in [2.24, 2.45) is 0 Å². The molecular weight excluding hydrogens is 221 g/mol. The van der Waals surface area contributed by atoms with E-state index in [1.165, 1.54) is 6.07 Å². The number of nitrogens with one attached hydrogen (secondary N) is 1. The first-order chi connectivity index (χ1) is 8.19. The molecule has 1 aromatic rings. The molecule has 96 valence electrons. The van der Waals surface area contributed by atoms with Crippen LogP contribution in [-0.4, -0.2) is 24.9 Å². The number of benzene rings is 1. The Labute approximate surface area is 102 Å². The number of para-hydroxylation sites is 1. The summed E-state index contributed by atoms with van der Waals surface area (Å²) in [6.07, 6.45) is 2.04. The van der Waals surface area contributed by atoms with E-state index < -0.39 is 5.82 Å². The van der Waals surface area contributed by atoms with E-state index in [1.54, 1.807) is 19.2 Å². The van der Waals surface area contributed by atoms with Crippen molar-refractivity contribution >= 4 is 0 Å². The van der Waals surface area contributed by atoms with Crippen LogP contribution in [0.25, 0.3) is 0 Å². The summed E-state index contributed by atoms with van der Waals surface area (Å²) in [4.78, 5) is 0. The largest absolute Gasteiger partial charge is 0.505 e. The van der Waals surface area contributed by atoms with E-state index in [-0.39, 0.29) is 11.8 Å². The van der Waals surface area contributed by atoms with Gasteiger partial charge in [-0.2, -0.15) is 0 Å². The van der Waals surface area contributed by atoms with Crippen LogP contribution in [0.1, 0.15) is 25.3 Å². The molecule has 4 heteroatoms. The lowest BCUT2D eigenvalue weighted by Gasteiger charge is -2.17. The summed E-state index contributed by atoms with van der Waals surface area (Å²) in [6, 6.07) is 4.78. The third-order valence-electron chi connectivity index (χ3n) is 2.66. The van der Waals surface area contributed by atoms with Crippen molar-refractivity contribution in [1.82, 2.24) is 5.32 Å². The van der Waals surface area contributed by atoms with Crippen molar-refractivity contribution in [3.8, 4) is 5.75 Å². The summed E-state index contributed by atoms with van der Waals surface area (Å²) in [7, 11) is 1.66. The van der Waals surface area contributed by atoms with Crippen LogP contribution in [0, 0.1) is 5.82 Å². The molecule has 2 N–H and O–H groups in total. The zero-order valence-electron chi connectivity index (χ0n) is 10.4. The fraction of sp³-hybridized carbons (Fsp3) is 0.538. The molecule has 0 aliphatic rings. The number of rotatable bonds is 7. The highest BCUT2D eigenvalue weighted by Crippen LogP contribution is 2.20. The van der Waals surface area contributed by atoms with Crippen molar-refractivity contribution in [1.29, 1.82) is 0 Å². The summed E-state index contributed by atoms with van der Waals surface area (Å²) in [6.45, 7) is 3.16. The number of aromatic hydroxyl groups is 1. The van der Waals surface area contributed by atoms with E-state index >= 15 is 0 Å². The predicted octanol–water partition coefficient (Wildman–Crippen LogP) is 2.44. The van der Waals surface area contributed by atoms with Crippen LogP contribution in [0.2, 0.25) is 0 Å². The average Bonchev–Trinajstić information content (AvgIpc) is 2.31. The Morgan fingerprint density at radius 1 is 1.47 bits per heavy atom. The smallest absolute Gasteiger partial charge is 0.165 e. The van der Waals surface area contributed by atoms with Crippen LogP contribution >= 0.6 is 0 Å². The summed E-state index contributed by atoms with van der Waals surface area (Å²) in [5.41, 5.74) is 0.571. The van der Waals surface area contributed by atoms with E-state index in [2.05, 4.69) is 12.2 Å². The highest BCUT2D eigenvalue weighted by molar-refractivity contribution is 5.33. The third kappa shape index (κ3) is 4.32. The van der Waals surface area contributed by atoms with Gasteiger partial charge in [0.25, 0.3) is 0 Å². The highest BCUT2D eigenvalue weighted by atomic mass is 19.1. The van der Waals surface area contributed by atoms with Gasteiger partial charge in [0.05, 0.1) is 6.61 Å². The number of phenolic OH excluding ortho intramolecular Hbond substituents is 1. The molecule has 0 radical (unpaired) electrons. The zero-order valence-corrected chi connectivity index (χ0v) is 10.4. The summed E-state index contributed by atoms with van der Waals surface area (Å²) in [5, 5.41) is 12.8. The van der Waals surface area contributed by atoms with E-state index in [4.69, 9.17) is 4.74 Å². The van der Waals surface area contributed by atoms with Gasteiger partial charge in [-0.1, -0.05) is 25.5 Å². The molecule has 1 unspecified atom stereocenters. The van der Waals surface area contributed by atoms with Gasteiger partial charge in [0.15, 0.2) is 11.6 Å². The van der Waals surface area contributed by atoms with E-state index in [0.29, 0.717) is 18.7 Å². The Morgan fingerprint density at radius 3 is 2.88 bits per heavy atom. The fourth-order valence-corrected chi connectivity index (χ4v) is 1.75. The minimum atomic E-state index is -0.580.